The third kappa shape index (κ3) is 3.00. The van der Waals surface area contributed by atoms with Crippen LogP contribution in [0.5, 0.6) is 23.0 Å². The van der Waals surface area contributed by atoms with Crippen LogP contribution in [0.15, 0.2) is 30.5 Å². The van der Waals surface area contributed by atoms with Gasteiger partial charge >= 0.3 is 5.69 Å². The number of methoxy groups -OCH3 is 2. The van der Waals surface area contributed by atoms with Crippen LogP contribution in [0.25, 0.3) is 0 Å². The van der Waals surface area contributed by atoms with Crippen LogP contribution >= 0.6 is 0 Å². The van der Waals surface area contributed by atoms with Gasteiger partial charge in [0.2, 0.25) is 11.9 Å². The summed E-state index contributed by atoms with van der Waals surface area (Å²) < 4.78 is 16.2. The molecule has 0 fully saturated rings. The minimum Gasteiger partial charge on any atom is -0.618 e. The zero-order valence-electron chi connectivity index (χ0n) is 12.2. The van der Waals surface area contributed by atoms with Gasteiger partial charge in [-0.1, -0.05) is 0 Å². The molecule has 22 heavy (non-hydrogen) atoms. The Hall–Kier alpha value is -3.03. The van der Waals surface area contributed by atoms with Gasteiger partial charge in [-0.3, -0.25) is 10.1 Å². The molecule has 0 aliphatic carbocycles. The van der Waals surface area contributed by atoms with Gasteiger partial charge in [-0.05, 0) is 6.07 Å². The molecule has 8 nitrogen and oxygen atoms in total. The summed E-state index contributed by atoms with van der Waals surface area (Å²) in [5, 5.41) is 22.7. The lowest BCUT2D eigenvalue weighted by Crippen LogP contribution is -2.28. The minimum absolute atomic E-state index is 0.0495. The van der Waals surface area contributed by atoms with E-state index in [-0.39, 0.29) is 28.7 Å². The summed E-state index contributed by atoms with van der Waals surface area (Å²) in [7, 11) is 2.79. The van der Waals surface area contributed by atoms with E-state index in [1.165, 1.54) is 32.5 Å². The van der Waals surface area contributed by atoms with Gasteiger partial charge in [-0.15, -0.1) is 0 Å². The number of nitro benzene ring substituents is 1. The molecule has 2 rings (SSSR count). The minimum atomic E-state index is -0.600. The van der Waals surface area contributed by atoms with Crippen LogP contribution in [-0.2, 0) is 0 Å². The van der Waals surface area contributed by atoms with Gasteiger partial charge in [0.15, 0.2) is 22.9 Å². The Morgan fingerprint density at radius 2 is 1.73 bits per heavy atom. The predicted octanol–water partition coefficient (Wildman–Crippen LogP) is 2.35. The van der Waals surface area contributed by atoms with Gasteiger partial charge in [0.1, 0.15) is 0 Å². The molecule has 0 saturated heterocycles. The quantitative estimate of drug-likeness (QED) is 0.364. The first-order valence-corrected chi connectivity index (χ1v) is 6.24. The van der Waals surface area contributed by atoms with Crippen molar-refractivity contribution in [2.24, 2.45) is 0 Å². The molecule has 0 unspecified atom stereocenters. The van der Waals surface area contributed by atoms with Crippen molar-refractivity contribution < 1.29 is 23.9 Å². The molecule has 1 aromatic heterocycles. The maximum absolute atomic E-state index is 11.5. The van der Waals surface area contributed by atoms with E-state index in [0.717, 1.165) is 0 Å². The highest BCUT2D eigenvalue weighted by atomic mass is 16.6. The van der Waals surface area contributed by atoms with Crippen LogP contribution in [0.3, 0.4) is 0 Å². The fourth-order valence-electron chi connectivity index (χ4n) is 1.80. The average molecular weight is 306 g/mol. The van der Waals surface area contributed by atoms with Crippen molar-refractivity contribution in [3.63, 3.8) is 0 Å². The lowest BCUT2D eigenvalue weighted by molar-refractivity contribution is -0.612. The SMILES string of the molecule is COc1cc(Oc2ccc(C)[n+]([O-])c2)c([N+](=O)[O-])cc1OC. The molecule has 1 heterocycles. The topological polar surface area (TPSA) is 97.8 Å². The first kappa shape index (κ1) is 15.4. The Balaban J connectivity index is 2.48. The monoisotopic (exact) mass is 306 g/mol. The molecule has 2 aromatic rings. The number of nitro groups is 1. The van der Waals surface area contributed by atoms with E-state index in [0.29, 0.717) is 10.4 Å². The number of ether oxygens (including phenoxy) is 3. The van der Waals surface area contributed by atoms with Gasteiger partial charge in [-0.25, -0.2) is 0 Å². The first-order chi connectivity index (χ1) is 10.5. The number of hydrogen-bond acceptors (Lipinski definition) is 6. The Labute approximate surface area is 126 Å². The van der Waals surface area contributed by atoms with Gasteiger partial charge in [0, 0.05) is 19.1 Å². The molecule has 0 spiro atoms. The fourth-order valence-corrected chi connectivity index (χ4v) is 1.80. The molecular weight excluding hydrogens is 292 g/mol. The highest BCUT2D eigenvalue weighted by Crippen LogP contribution is 2.40. The van der Waals surface area contributed by atoms with Crippen molar-refractivity contribution in [1.29, 1.82) is 0 Å². The summed E-state index contributed by atoms with van der Waals surface area (Å²) in [6.07, 6.45) is 1.19. The van der Waals surface area contributed by atoms with E-state index in [1.54, 1.807) is 19.1 Å². The summed E-state index contributed by atoms with van der Waals surface area (Å²) in [5.41, 5.74) is 0.185. The highest BCUT2D eigenvalue weighted by Gasteiger charge is 2.22. The summed E-state index contributed by atoms with van der Waals surface area (Å²) in [6.45, 7) is 1.63. The molecule has 0 bridgehead atoms. The first-order valence-electron chi connectivity index (χ1n) is 6.24. The molecule has 0 radical (unpaired) electrons. The molecule has 116 valence electrons. The van der Waals surface area contributed by atoms with Crippen molar-refractivity contribution in [3.05, 3.63) is 51.5 Å². The van der Waals surface area contributed by atoms with Crippen LogP contribution in [0.4, 0.5) is 5.69 Å². The van der Waals surface area contributed by atoms with E-state index >= 15 is 0 Å². The second kappa shape index (κ2) is 6.17. The summed E-state index contributed by atoms with van der Waals surface area (Å²) in [4.78, 5) is 10.6. The van der Waals surface area contributed by atoms with Crippen LogP contribution in [0.1, 0.15) is 5.69 Å². The number of benzene rings is 1. The highest BCUT2D eigenvalue weighted by molar-refractivity contribution is 5.59. The molecule has 1 aromatic carbocycles. The zero-order chi connectivity index (χ0) is 16.3. The largest absolute Gasteiger partial charge is 0.618 e. The van der Waals surface area contributed by atoms with Gasteiger partial charge in [0.05, 0.1) is 25.2 Å². The summed E-state index contributed by atoms with van der Waals surface area (Å²) in [6, 6.07) is 5.64. The maximum atomic E-state index is 11.5. The lowest BCUT2D eigenvalue weighted by atomic mass is 10.2. The van der Waals surface area contributed by atoms with Crippen LogP contribution < -0.4 is 18.9 Å². The second-order valence-electron chi connectivity index (χ2n) is 4.37. The number of aromatic nitrogens is 1. The molecule has 0 atom stereocenters. The average Bonchev–Trinajstić information content (AvgIpc) is 2.50. The molecular formula is C14H14N2O6. The smallest absolute Gasteiger partial charge is 0.315 e. The summed E-state index contributed by atoms with van der Waals surface area (Å²) >= 11 is 0. The van der Waals surface area contributed by atoms with Gasteiger partial charge in [-0.2, -0.15) is 4.73 Å². The predicted molar refractivity (Wildman–Crippen MR) is 76.4 cm³/mol. The molecule has 0 N–H and O–H groups in total. The van der Waals surface area contributed by atoms with E-state index < -0.39 is 4.92 Å². The number of rotatable bonds is 5. The molecule has 0 aliphatic rings. The van der Waals surface area contributed by atoms with Crippen LogP contribution in [0, 0.1) is 22.2 Å². The molecule has 0 amide bonds. The van der Waals surface area contributed by atoms with E-state index in [9.17, 15) is 15.3 Å². The fraction of sp³-hybridized carbons (Fsp3) is 0.214. The Morgan fingerprint density at radius 3 is 2.27 bits per heavy atom. The summed E-state index contributed by atoms with van der Waals surface area (Å²) in [5.74, 6) is 0.622. The third-order valence-electron chi connectivity index (χ3n) is 2.97. The normalized spacial score (nSPS) is 10.1. The number of nitrogens with zero attached hydrogens (tertiary/aromatic N) is 2. The lowest BCUT2D eigenvalue weighted by Gasteiger charge is -2.11. The number of hydrogen-bond donors (Lipinski definition) is 0. The Kier molecular flexibility index (Phi) is 4.31. The van der Waals surface area contributed by atoms with Crippen LogP contribution in [-0.4, -0.2) is 19.1 Å². The molecule has 0 saturated carbocycles. The van der Waals surface area contributed by atoms with Crippen molar-refractivity contribution in [2.75, 3.05) is 14.2 Å². The number of aryl methyl sites for hydroxylation is 1. The second-order valence-corrected chi connectivity index (χ2v) is 4.37. The van der Waals surface area contributed by atoms with E-state index in [2.05, 4.69) is 0 Å². The Bertz CT molecular complexity index is 717. The third-order valence-corrected chi connectivity index (χ3v) is 2.97. The molecule has 8 heteroatoms. The van der Waals surface area contributed by atoms with Gasteiger partial charge in [0.25, 0.3) is 0 Å². The van der Waals surface area contributed by atoms with Crippen molar-refractivity contribution in [1.82, 2.24) is 0 Å². The van der Waals surface area contributed by atoms with E-state index in [4.69, 9.17) is 14.2 Å². The zero-order valence-corrected chi connectivity index (χ0v) is 12.2. The van der Waals surface area contributed by atoms with Crippen LogP contribution in [0.2, 0.25) is 0 Å². The van der Waals surface area contributed by atoms with Crippen molar-refractivity contribution >= 4 is 5.69 Å². The Morgan fingerprint density at radius 1 is 1.09 bits per heavy atom. The van der Waals surface area contributed by atoms with Crippen molar-refractivity contribution in [3.8, 4) is 23.0 Å². The maximum Gasteiger partial charge on any atom is 0.315 e. The number of pyridine rings is 1. The standard InChI is InChI=1S/C14H14N2O6/c1-9-4-5-10(8-15(9)17)22-12-7-14(21-3)13(20-2)6-11(12)16(18)19/h4-8H,1-3H3. The van der Waals surface area contributed by atoms with Gasteiger partial charge < -0.3 is 19.4 Å². The van der Waals surface area contributed by atoms with E-state index in [1.807, 2.05) is 0 Å². The molecule has 0 aliphatic heterocycles. The van der Waals surface area contributed by atoms with Crippen molar-refractivity contribution in [2.45, 2.75) is 6.92 Å².